The second kappa shape index (κ2) is 14.8. The van der Waals surface area contributed by atoms with Gasteiger partial charge in [0, 0.05) is 19.0 Å². The molecule has 44 heavy (non-hydrogen) atoms. The van der Waals surface area contributed by atoms with Crippen molar-refractivity contribution in [2.45, 2.75) is 57.1 Å². The molecule has 4 aromatic rings. The maximum Gasteiger partial charge on any atom is 0.264 e. The van der Waals surface area contributed by atoms with Crippen LogP contribution >= 0.6 is 0 Å². The minimum atomic E-state index is -4.24. The van der Waals surface area contributed by atoms with Crippen LogP contribution in [-0.2, 0) is 32.6 Å². The Labute approximate surface area is 259 Å². The smallest absolute Gasteiger partial charge is 0.264 e. The molecule has 4 rings (SSSR count). The quantitative estimate of drug-likeness (QED) is 0.203. The molecule has 0 bridgehead atoms. The summed E-state index contributed by atoms with van der Waals surface area (Å²) in [7, 11) is -4.24. The molecule has 0 fully saturated rings. The molecule has 0 aliphatic rings. The van der Waals surface area contributed by atoms with Crippen molar-refractivity contribution in [3.63, 3.8) is 0 Å². The van der Waals surface area contributed by atoms with Crippen molar-refractivity contribution < 1.29 is 22.4 Å². The first-order valence-corrected chi connectivity index (χ1v) is 16.0. The lowest BCUT2D eigenvalue weighted by Gasteiger charge is -2.34. The van der Waals surface area contributed by atoms with Crippen LogP contribution in [0, 0.1) is 12.7 Å². The van der Waals surface area contributed by atoms with E-state index in [9.17, 15) is 22.4 Å². The Kier molecular flexibility index (Phi) is 10.9. The van der Waals surface area contributed by atoms with Crippen LogP contribution in [0.3, 0.4) is 0 Å². The monoisotopic (exact) mass is 615 g/mol. The summed E-state index contributed by atoms with van der Waals surface area (Å²) in [6, 6.07) is 28.7. The number of benzene rings is 4. The summed E-state index contributed by atoms with van der Waals surface area (Å²) in [6.45, 7) is 5.27. The molecule has 0 aliphatic heterocycles. The minimum absolute atomic E-state index is 0.0160. The third-order valence-electron chi connectivity index (χ3n) is 7.43. The lowest BCUT2D eigenvalue weighted by Crippen LogP contribution is -2.54. The zero-order valence-electron chi connectivity index (χ0n) is 25.2. The van der Waals surface area contributed by atoms with Crippen LogP contribution in [0.25, 0.3) is 0 Å². The number of carbonyl (C=O) groups is 2. The van der Waals surface area contributed by atoms with Crippen LogP contribution in [0.5, 0.6) is 0 Å². The molecule has 1 N–H and O–H groups in total. The van der Waals surface area contributed by atoms with E-state index in [1.54, 1.807) is 18.2 Å². The number of aryl methyl sites for hydroxylation is 1. The zero-order valence-corrected chi connectivity index (χ0v) is 26.0. The Bertz CT molecular complexity index is 1650. The first kappa shape index (κ1) is 32.4. The van der Waals surface area contributed by atoms with Gasteiger partial charge in [0.1, 0.15) is 18.4 Å². The predicted molar refractivity (Wildman–Crippen MR) is 171 cm³/mol. The number of hydrogen-bond donors (Lipinski definition) is 1. The molecule has 0 unspecified atom stereocenters. The number of rotatable bonds is 13. The second-order valence-corrected chi connectivity index (χ2v) is 12.7. The van der Waals surface area contributed by atoms with Gasteiger partial charge in [0.25, 0.3) is 10.0 Å². The Morgan fingerprint density at radius 3 is 2.07 bits per heavy atom. The third-order valence-corrected chi connectivity index (χ3v) is 9.22. The molecule has 0 aliphatic carbocycles. The molecule has 0 aromatic heterocycles. The van der Waals surface area contributed by atoms with Gasteiger partial charge in [0.15, 0.2) is 0 Å². The van der Waals surface area contributed by atoms with Gasteiger partial charge in [0.2, 0.25) is 11.8 Å². The van der Waals surface area contributed by atoms with Gasteiger partial charge in [-0.2, -0.15) is 0 Å². The molecule has 7 nitrogen and oxygen atoms in total. The van der Waals surface area contributed by atoms with E-state index in [4.69, 9.17) is 0 Å². The highest BCUT2D eigenvalue weighted by Crippen LogP contribution is 2.25. The fraction of sp³-hybridized carbons (Fsp3) is 0.257. The summed E-state index contributed by atoms with van der Waals surface area (Å²) in [4.78, 5) is 29.7. The van der Waals surface area contributed by atoms with Gasteiger partial charge in [-0.15, -0.1) is 0 Å². The molecule has 0 spiro atoms. The molecule has 0 saturated carbocycles. The van der Waals surface area contributed by atoms with Gasteiger partial charge in [-0.3, -0.25) is 13.9 Å². The molecule has 0 radical (unpaired) electrons. The van der Waals surface area contributed by atoms with Gasteiger partial charge in [-0.25, -0.2) is 12.8 Å². The molecule has 9 heteroatoms. The summed E-state index contributed by atoms with van der Waals surface area (Å²) >= 11 is 0. The minimum Gasteiger partial charge on any atom is -0.352 e. The number of carbonyl (C=O) groups excluding carboxylic acids is 2. The van der Waals surface area contributed by atoms with Crippen molar-refractivity contribution in [2.24, 2.45) is 0 Å². The van der Waals surface area contributed by atoms with E-state index in [-0.39, 0.29) is 35.5 Å². The number of nitrogens with zero attached hydrogens (tertiary/aromatic N) is 2. The van der Waals surface area contributed by atoms with Crippen LogP contribution in [0.4, 0.5) is 10.1 Å². The van der Waals surface area contributed by atoms with Crippen LogP contribution in [0.1, 0.15) is 37.0 Å². The lowest BCUT2D eigenvalue weighted by atomic mass is 10.0. The van der Waals surface area contributed by atoms with Crippen LogP contribution in [-0.4, -0.2) is 43.8 Å². The molecule has 4 aromatic carbocycles. The Morgan fingerprint density at radius 2 is 1.45 bits per heavy atom. The summed E-state index contributed by atoms with van der Waals surface area (Å²) in [6.07, 6.45) is 0.923. The third kappa shape index (κ3) is 8.32. The standard InChI is InChI=1S/C35H38FN3O4S/c1-4-27(3)37-35(41)33(23-28-13-7-5-8-14-28)38(24-29-15-11-12-26(2)22-29)34(40)25-39(31-20-18-30(36)19-21-31)44(42,43)32-16-9-6-10-17-32/h5-22,27,33H,4,23-25H2,1-3H3,(H,37,41)/t27-,33+/m1/s1. The van der Waals surface area contributed by atoms with E-state index in [2.05, 4.69) is 5.32 Å². The van der Waals surface area contributed by atoms with Gasteiger partial charge < -0.3 is 10.2 Å². The molecule has 0 heterocycles. The SMILES string of the molecule is CC[C@@H](C)NC(=O)[C@H](Cc1ccccc1)N(Cc1cccc(C)c1)C(=O)CN(c1ccc(F)cc1)S(=O)(=O)c1ccccc1. The average molecular weight is 616 g/mol. The van der Waals surface area contributed by atoms with Gasteiger partial charge in [0.05, 0.1) is 10.6 Å². The van der Waals surface area contributed by atoms with Crippen LogP contribution in [0.2, 0.25) is 0 Å². The predicted octanol–water partition coefficient (Wildman–Crippen LogP) is 5.88. The highest BCUT2D eigenvalue weighted by Gasteiger charge is 2.35. The molecule has 230 valence electrons. The second-order valence-electron chi connectivity index (χ2n) is 10.8. The maximum atomic E-state index is 14.4. The molecule has 2 amide bonds. The molecular weight excluding hydrogens is 577 g/mol. The van der Waals surface area contributed by atoms with Crippen molar-refractivity contribution >= 4 is 27.5 Å². The lowest BCUT2D eigenvalue weighted by molar-refractivity contribution is -0.140. The van der Waals surface area contributed by atoms with E-state index >= 15 is 0 Å². The topological polar surface area (TPSA) is 86.8 Å². The van der Waals surface area contributed by atoms with Crippen LogP contribution in [0.15, 0.2) is 114 Å². The largest absolute Gasteiger partial charge is 0.352 e. The van der Waals surface area contributed by atoms with Crippen molar-refractivity contribution in [1.82, 2.24) is 10.2 Å². The molecule has 0 saturated heterocycles. The van der Waals surface area contributed by atoms with Crippen molar-refractivity contribution in [3.8, 4) is 0 Å². The fourth-order valence-corrected chi connectivity index (χ4v) is 6.29. The van der Waals surface area contributed by atoms with Gasteiger partial charge in [-0.05, 0) is 67.8 Å². The van der Waals surface area contributed by atoms with Crippen molar-refractivity contribution in [2.75, 3.05) is 10.8 Å². The number of halogens is 1. The molecule has 2 atom stereocenters. The van der Waals surface area contributed by atoms with Crippen molar-refractivity contribution in [3.05, 3.63) is 132 Å². The highest BCUT2D eigenvalue weighted by molar-refractivity contribution is 7.92. The summed E-state index contributed by atoms with van der Waals surface area (Å²) in [5.41, 5.74) is 2.76. The first-order valence-electron chi connectivity index (χ1n) is 14.6. The van der Waals surface area contributed by atoms with E-state index in [1.165, 1.54) is 29.2 Å². The van der Waals surface area contributed by atoms with Gasteiger partial charge >= 0.3 is 0 Å². The first-order chi connectivity index (χ1) is 21.1. The maximum absolute atomic E-state index is 14.4. The van der Waals surface area contributed by atoms with Crippen molar-refractivity contribution in [1.29, 1.82) is 0 Å². The van der Waals surface area contributed by atoms with E-state index in [0.717, 1.165) is 33.1 Å². The average Bonchev–Trinajstić information content (AvgIpc) is 3.02. The van der Waals surface area contributed by atoms with Gasteiger partial charge in [-0.1, -0.05) is 85.3 Å². The zero-order chi connectivity index (χ0) is 31.7. The Balaban J connectivity index is 1.80. The number of hydrogen-bond acceptors (Lipinski definition) is 4. The Morgan fingerprint density at radius 1 is 0.841 bits per heavy atom. The fourth-order valence-electron chi connectivity index (χ4n) is 4.86. The van der Waals surface area contributed by atoms with Crippen LogP contribution < -0.4 is 9.62 Å². The summed E-state index contributed by atoms with van der Waals surface area (Å²) < 4.78 is 42.7. The normalized spacial score (nSPS) is 12.6. The molecular formula is C35H38FN3O4S. The summed E-state index contributed by atoms with van der Waals surface area (Å²) in [5.74, 6) is -1.44. The van der Waals surface area contributed by atoms with E-state index in [1.807, 2.05) is 75.4 Å². The summed E-state index contributed by atoms with van der Waals surface area (Å²) in [5, 5.41) is 3.02. The number of amides is 2. The van der Waals surface area contributed by atoms with E-state index in [0.29, 0.717) is 6.42 Å². The highest BCUT2D eigenvalue weighted by atomic mass is 32.2. The number of anilines is 1. The number of sulfonamides is 1. The van der Waals surface area contributed by atoms with E-state index < -0.39 is 34.3 Å². The number of nitrogens with one attached hydrogen (secondary N) is 1. The Hall–Kier alpha value is -4.50.